The molecule has 1 aliphatic heterocycles. The van der Waals surface area contributed by atoms with Crippen molar-refractivity contribution in [2.24, 2.45) is 0 Å². The van der Waals surface area contributed by atoms with Gasteiger partial charge in [0.25, 0.3) is 0 Å². The number of carbonyl (C=O) groups excluding carboxylic acids is 2. The van der Waals surface area contributed by atoms with Gasteiger partial charge in [-0.1, -0.05) is 54.2 Å². The summed E-state index contributed by atoms with van der Waals surface area (Å²) in [5.41, 5.74) is 3.56. The molecule has 2 N–H and O–H groups in total. The van der Waals surface area contributed by atoms with Crippen LogP contribution in [-0.4, -0.2) is 24.2 Å². The summed E-state index contributed by atoms with van der Waals surface area (Å²) in [6, 6.07) is 22.5. The number of anilines is 1. The molecule has 2 heterocycles. The van der Waals surface area contributed by atoms with Crippen LogP contribution in [0.25, 0.3) is 5.70 Å². The number of rotatable bonds is 8. The van der Waals surface area contributed by atoms with E-state index in [1.807, 2.05) is 61.5 Å². The average Bonchev–Trinajstić information content (AvgIpc) is 3.42. The fourth-order valence-corrected chi connectivity index (χ4v) is 4.80. The lowest BCUT2D eigenvalue weighted by Crippen LogP contribution is -2.29. The minimum Gasteiger partial charge on any atom is -0.468 e. The molecule has 36 heavy (non-hydrogen) atoms. The van der Waals surface area contributed by atoms with E-state index in [4.69, 9.17) is 9.15 Å². The van der Waals surface area contributed by atoms with Crippen LogP contribution in [0.5, 0.6) is 0 Å². The number of dihydropyridines is 1. The van der Waals surface area contributed by atoms with Crippen molar-refractivity contribution < 1.29 is 18.7 Å². The van der Waals surface area contributed by atoms with Gasteiger partial charge in [0.15, 0.2) is 0 Å². The van der Waals surface area contributed by atoms with Crippen LogP contribution in [0, 0.1) is 18.3 Å². The molecule has 182 valence electrons. The highest BCUT2D eigenvalue weighted by Gasteiger charge is 2.38. The number of hydrogen-bond acceptors (Lipinski definition) is 7. The summed E-state index contributed by atoms with van der Waals surface area (Å²) in [5, 5.41) is 16.8. The van der Waals surface area contributed by atoms with Crippen LogP contribution in [0.15, 0.2) is 93.6 Å². The molecule has 0 saturated carbocycles. The molecule has 8 heteroatoms. The first-order chi connectivity index (χ1) is 17.5. The van der Waals surface area contributed by atoms with Gasteiger partial charge in [0.2, 0.25) is 5.91 Å². The number of hydrogen-bond donors (Lipinski definition) is 2. The fourth-order valence-electron chi connectivity index (χ4n) is 3.96. The summed E-state index contributed by atoms with van der Waals surface area (Å²) < 4.78 is 11.1. The van der Waals surface area contributed by atoms with E-state index in [2.05, 4.69) is 16.7 Å². The molecule has 3 aromatic rings. The zero-order valence-corrected chi connectivity index (χ0v) is 20.7. The van der Waals surface area contributed by atoms with Crippen molar-refractivity contribution in [3.8, 4) is 6.07 Å². The Balaban J connectivity index is 1.71. The van der Waals surface area contributed by atoms with Gasteiger partial charge in [-0.05, 0) is 49.2 Å². The standard InChI is InChI=1S/C28H25N3O4S/c1-3-34-28(33)25-24(22-13-8-14-35-22)21(16-29)27(31-26(25)19-10-5-4-6-11-19)36-17-23(32)30-20-12-7-9-18(2)15-20/h4-15,24,31H,3,17H2,1-2H3,(H,30,32)/t24-/m0/s1. The Hall–Kier alpha value is -4.22. The van der Waals surface area contributed by atoms with Gasteiger partial charge in [0.05, 0.1) is 52.5 Å². The molecule has 1 aliphatic rings. The Kier molecular flexibility index (Phi) is 7.93. The molecule has 1 amide bonds. The molecular formula is C28H25N3O4S. The van der Waals surface area contributed by atoms with Crippen LogP contribution in [-0.2, 0) is 14.3 Å². The maximum Gasteiger partial charge on any atom is 0.337 e. The van der Waals surface area contributed by atoms with E-state index >= 15 is 0 Å². The lowest BCUT2D eigenvalue weighted by Gasteiger charge is -2.29. The Morgan fingerprint density at radius 2 is 1.94 bits per heavy atom. The molecule has 1 aromatic heterocycles. The van der Waals surface area contributed by atoms with Crippen molar-refractivity contribution in [3.05, 3.63) is 106 Å². The van der Waals surface area contributed by atoms with Crippen LogP contribution < -0.4 is 10.6 Å². The number of thioether (sulfide) groups is 1. The first kappa shape index (κ1) is 24.9. The average molecular weight is 500 g/mol. The number of nitrogens with zero attached hydrogens (tertiary/aromatic N) is 1. The molecule has 0 saturated heterocycles. The third-order valence-electron chi connectivity index (χ3n) is 5.49. The highest BCUT2D eigenvalue weighted by atomic mass is 32.2. The molecule has 0 bridgehead atoms. The number of nitriles is 1. The van der Waals surface area contributed by atoms with E-state index in [0.29, 0.717) is 22.2 Å². The van der Waals surface area contributed by atoms with Crippen molar-refractivity contribution in [2.45, 2.75) is 19.8 Å². The molecule has 1 atom stereocenters. The summed E-state index contributed by atoms with van der Waals surface area (Å²) in [5.74, 6) is -1.05. The SMILES string of the molecule is CCOC(=O)C1=C(c2ccccc2)NC(SCC(=O)Nc2cccc(C)c2)=C(C#N)[C@H]1c1ccco1. The summed E-state index contributed by atoms with van der Waals surface area (Å²) in [6.45, 7) is 3.86. The van der Waals surface area contributed by atoms with Crippen LogP contribution in [0.1, 0.15) is 29.7 Å². The number of furan rings is 1. The number of aryl methyl sites for hydroxylation is 1. The van der Waals surface area contributed by atoms with Gasteiger partial charge in [-0.2, -0.15) is 5.26 Å². The molecule has 2 aromatic carbocycles. The molecule has 0 radical (unpaired) electrons. The second-order valence-electron chi connectivity index (χ2n) is 8.01. The van der Waals surface area contributed by atoms with E-state index in [9.17, 15) is 14.9 Å². The Labute approximate surface area is 213 Å². The van der Waals surface area contributed by atoms with E-state index in [-0.39, 0.29) is 29.4 Å². The Morgan fingerprint density at radius 1 is 1.14 bits per heavy atom. The summed E-state index contributed by atoms with van der Waals surface area (Å²) >= 11 is 1.19. The molecular weight excluding hydrogens is 474 g/mol. The van der Waals surface area contributed by atoms with Crippen molar-refractivity contribution in [1.29, 1.82) is 5.26 Å². The van der Waals surface area contributed by atoms with Crippen LogP contribution in [0.4, 0.5) is 5.69 Å². The third-order valence-corrected chi connectivity index (χ3v) is 6.50. The first-order valence-electron chi connectivity index (χ1n) is 11.4. The summed E-state index contributed by atoms with van der Waals surface area (Å²) in [6.07, 6.45) is 1.50. The minimum absolute atomic E-state index is 0.0587. The van der Waals surface area contributed by atoms with E-state index in [1.54, 1.807) is 19.1 Å². The highest BCUT2D eigenvalue weighted by molar-refractivity contribution is 8.03. The lowest BCUT2D eigenvalue weighted by atomic mass is 9.84. The molecule has 0 spiro atoms. The molecule has 7 nitrogen and oxygen atoms in total. The largest absolute Gasteiger partial charge is 0.468 e. The van der Waals surface area contributed by atoms with Crippen molar-refractivity contribution in [2.75, 3.05) is 17.7 Å². The fraction of sp³-hybridized carbons (Fsp3) is 0.179. The highest BCUT2D eigenvalue weighted by Crippen LogP contribution is 2.43. The minimum atomic E-state index is -0.789. The Bertz CT molecular complexity index is 1350. The summed E-state index contributed by atoms with van der Waals surface area (Å²) in [4.78, 5) is 25.9. The maximum atomic E-state index is 13.2. The third kappa shape index (κ3) is 5.53. The summed E-state index contributed by atoms with van der Waals surface area (Å²) in [7, 11) is 0. The van der Waals surface area contributed by atoms with Gasteiger partial charge < -0.3 is 19.8 Å². The number of esters is 1. The predicted octanol–water partition coefficient (Wildman–Crippen LogP) is 5.36. The number of allylic oxidation sites excluding steroid dienone is 1. The van der Waals surface area contributed by atoms with Gasteiger partial charge in [0.1, 0.15) is 5.76 Å². The van der Waals surface area contributed by atoms with Crippen LogP contribution >= 0.6 is 11.8 Å². The quantitative estimate of drug-likeness (QED) is 0.402. The molecule has 4 rings (SSSR count). The monoisotopic (exact) mass is 499 g/mol. The van der Waals surface area contributed by atoms with Crippen LogP contribution in [0.3, 0.4) is 0 Å². The van der Waals surface area contributed by atoms with Gasteiger partial charge >= 0.3 is 5.97 Å². The van der Waals surface area contributed by atoms with Gasteiger partial charge in [0, 0.05) is 5.69 Å². The van der Waals surface area contributed by atoms with Gasteiger partial charge in [-0.15, -0.1) is 0 Å². The zero-order valence-electron chi connectivity index (χ0n) is 19.9. The number of nitrogens with one attached hydrogen (secondary N) is 2. The first-order valence-corrected chi connectivity index (χ1v) is 12.4. The van der Waals surface area contributed by atoms with Crippen molar-refractivity contribution in [3.63, 3.8) is 0 Å². The van der Waals surface area contributed by atoms with Crippen molar-refractivity contribution >= 4 is 35.0 Å². The van der Waals surface area contributed by atoms with Gasteiger partial charge in [-0.3, -0.25) is 4.79 Å². The Morgan fingerprint density at radius 3 is 2.61 bits per heavy atom. The number of benzene rings is 2. The van der Waals surface area contributed by atoms with E-state index in [0.717, 1.165) is 11.1 Å². The molecule has 0 aliphatic carbocycles. The lowest BCUT2D eigenvalue weighted by molar-refractivity contribution is -0.138. The molecule has 0 fully saturated rings. The number of ether oxygens (including phenoxy) is 1. The topological polar surface area (TPSA) is 104 Å². The predicted molar refractivity (Wildman–Crippen MR) is 139 cm³/mol. The number of amides is 1. The zero-order chi connectivity index (χ0) is 25.5. The normalized spacial score (nSPS) is 15.2. The molecule has 0 unspecified atom stereocenters. The maximum absolute atomic E-state index is 13.2. The van der Waals surface area contributed by atoms with E-state index in [1.165, 1.54) is 18.0 Å². The second-order valence-corrected chi connectivity index (χ2v) is 9.00. The van der Waals surface area contributed by atoms with Gasteiger partial charge in [-0.25, -0.2) is 4.79 Å². The van der Waals surface area contributed by atoms with E-state index < -0.39 is 11.9 Å². The second kappa shape index (κ2) is 11.5. The number of carbonyl (C=O) groups is 2. The smallest absolute Gasteiger partial charge is 0.337 e. The van der Waals surface area contributed by atoms with Crippen LogP contribution in [0.2, 0.25) is 0 Å². The van der Waals surface area contributed by atoms with Crippen molar-refractivity contribution in [1.82, 2.24) is 5.32 Å².